The molecular formula is C7H7BrFNO2S. The topological polar surface area (TPSA) is 60.2 Å². The van der Waals surface area contributed by atoms with Gasteiger partial charge in [0.25, 0.3) is 0 Å². The van der Waals surface area contributed by atoms with E-state index in [-0.39, 0.29) is 9.37 Å². The van der Waals surface area contributed by atoms with Gasteiger partial charge >= 0.3 is 0 Å². The summed E-state index contributed by atoms with van der Waals surface area (Å²) in [7, 11) is -3.77. The largest absolute Gasteiger partial charge is 0.238 e. The Morgan fingerprint density at radius 1 is 1.46 bits per heavy atom. The number of rotatable bonds is 1. The zero-order valence-corrected chi connectivity index (χ0v) is 9.12. The molecule has 0 aliphatic rings. The first kappa shape index (κ1) is 10.6. The number of hydrogen-bond acceptors (Lipinski definition) is 2. The van der Waals surface area contributed by atoms with E-state index in [0.29, 0.717) is 5.56 Å². The van der Waals surface area contributed by atoms with Crippen molar-refractivity contribution in [2.75, 3.05) is 0 Å². The van der Waals surface area contributed by atoms with E-state index in [1.165, 1.54) is 6.92 Å². The molecule has 2 N–H and O–H groups in total. The molecule has 0 spiro atoms. The van der Waals surface area contributed by atoms with Gasteiger partial charge < -0.3 is 0 Å². The number of nitrogens with two attached hydrogens (primary N) is 1. The van der Waals surface area contributed by atoms with Gasteiger partial charge in [0.15, 0.2) is 0 Å². The molecule has 13 heavy (non-hydrogen) atoms. The summed E-state index contributed by atoms with van der Waals surface area (Å²) in [4.78, 5) is -0.0687. The highest BCUT2D eigenvalue weighted by atomic mass is 79.9. The van der Waals surface area contributed by atoms with Crippen molar-refractivity contribution in [2.24, 2.45) is 5.14 Å². The van der Waals surface area contributed by atoms with Crippen LogP contribution in [0.5, 0.6) is 0 Å². The van der Waals surface area contributed by atoms with Gasteiger partial charge in [0.1, 0.15) is 5.82 Å². The van der Waals surface area contributed by atoms with Crippen molar-refractivity contribution in [3.8, 4) is 0 Å². The summed E-state index contributed by atoms with van der Waals surface area (Å²) in [5.74, 6) is -0.509. The maximum Gasteiger partial charge on any atom is 0.238 e. The fourth-order valence-electron chi connectivity index (χ4n) is 0.935. The molecule has 0 saturated carbocycles. The molecule has 0 atom stereocenters. The predicted molar refractivity (Wildman–Crippen MR) is 50.2 cm³/mol. The fourth-order valence-corrected chi connectivity index (χ4v) is 2.22. The lowest BCUT2D eigenvalue weighted by Crippen LogP contribution is -2.13. The van der Waals surface area contributed by atoms with Crippen molar-refractivity contribution in [3.63, 3.8) is 0 Å². The molecule has 0 aliphatic heterocycles. The second kappa shape index (κ2) is 3.36. The maximum atomic E-state index is 12.9. The van der Waals surface area contributed by atoms with Crippen molar-refractivity contribution in [3.05, 3.63) is 28.0 Å². The minimum absolute atomic E-state index is 0.0687. The van der Waals surface area contributed by atoms with E-state index in [1.807, 2.05) is 0 Å². The molecule has 72 valence electrons. The highest BCUT2D eigenvalue weighted by Crippen LogP contribution is 2.22. The molecule has 0 radical (unpaired) electrons. The Labute approximate surface area is 83.9 Å². The summed E-state index contributed by atoms with van der Waals surface area (Å²) < 4.78 is 34.9. The van der Waals surface area contributed by atoms with Crippen molar-refractivity contribution in [2.45, 2.75) is 11.8 Å². The lowest BCUT2D eigenvalue weighted by atomic mass is 10.2. The Bertz CT molecular complexity index is 444. The second-order valence-electron chi connectivity index (χ2n) is 2.58. The van der Waals surface area contributed by atoms with E-state index < -0.39 is 15.8 Å². The summed E-state index contributed by atoms with van der Waals surface area (Å²) in [5.41, 5.74) is 0.295. The van der Waals surface area contributed by atoms with Crippen LogP contribution < -0.4 is 5.14 Å². The van der Waals surface area contributed by atoms with Crippen LogP contribution >= 0.6 is 15.9 Å². The molecule has 0 heterocycles. The summed E-state index contributed by atoms with van der Waals surface area (Å²) >= 11 is 2.88. The zero-order chi connectivity index (χ0) is 10.2. The third-order valence-corrected chi connectivity index (χ3v) is 3.18. The summed E-state index contributed by atoms with van der Waals surface area (Å²) in [5, 5.41) is 4.91. The van der Waals surface area contributed by atoms with E-state index in [2.05, 4.69) is 15.9 Å². The minimum atomic E-state index is -3.77. The van der Waals surface area contributed by atoms with Gasteiger partial charge in [0.05, 0.1) is 9.37 Å². The van der Waals surface area contributed by atoms with E-state index in [1.54, 1.807) is 0 Å². The molecule has 0 amide bonds. The Kier molecular flexibility index (Phi) is 2.74. The molecule has 3 nitrogen and oxygen atoms in total. The van der Waals surface area contributed by atoms with Crippen LogP contribution in [0.2, 0.25) is 0 Å². The maximum absolute atomic E-state index is 12.9. The molecule has 6 heteroatoms. The van der Waals surface area contributed by atoms with E-state index in [0.717, 1.165) is 12.1 Å². The first-order chi connectivity index (χ1) is 5.82. The smallest absolute Gasteiger partial charge is 0.225 e. The van der Waals surface area contributed by atoms with Gasteiger partial charge in [-0.1, -0.05) is 0 Å². The SMILES string of the molecule is Cc1cc(F)c(Br)cc1S(N)(=O)=O. The van der Waals surface area contributed by atoms with Crippen LogP contribution in [0, 0.1) is 12.7 Å². The molecule has 0 unspecified atom stereocenters. The van der Waals surface area contributed by atoms with Gasteiger partial charge in [-0.2, -0.15) is 0 Å². The molecule has 1 aromatic carbocycles. The standard InChI is InChI=1S/C7H7BrFNO2S/c1-4-2-6(9)5(8)3-7(4)13(10,11)12/h2-3H,1H3,(H2,10,11,12). The van der Waals surface area contributed by atoms with Gasteiger partial charge in [-0.25, -0.2) is 17.9 Å². The second-order valence-corrected chi connectivity index (χ2v) is 4.96. The average Bonchev–Trinajstić information content (AvgIpc) is 1.94. The van der Waals surface area contributed by atoms with Crippen molar-refractivity contribution < 1.29 is 12.8 Å². The Morgan fingerprint density at radius 2 is 2.00 bits per heavy atom. The fraction of sp³-hybridized carbons (Fsp3) is 0.143. The van der Waals surface area contributed by atoms with Crippen LogP contribution in [0.15, 0.2) is 21.5 Å². The first-order valence-corrected chi connectivity index (χ1v) is 5.65. The van der Waals surface area contributed by atoms with Crippen molar-refractivity contribution >= 4 is 26.0 Å². The summed E-state index contributed by atoms with van der Waals surface area (Å²) in [6, 6.07) is 2.27. The summed E-state index contributed by atoms with van der Waals surface area (Å²) in [6.07, 6.45) is 0. The lowest BCUT2D eigenvalue weighted by molar-refractivity contribution is 0.594. The van der Waals surface area contributed by atoms with Crippen molar-refractivity contribution in [1.29, 1.82) is 0 Å². The number of halogens is 2. The quantitative estimate of drug-likeness (QED) is 0.839. The number of sulfonamides is 1. The number of primary sulfonamides is 1. The molecule has 0 bridgehead atoms. The Balaban J connectivity index is 3.50. The number of aryl methyl sites for hydroxylation is 1. The van der Waals surface area contributed by atoms with Crippen LogP contribution in [0.1, 0.15) is 5.56 Å². The monoisotopic (exact) mass is 267 g/mol. The Hall–Kier alpha value is -0.460. The lowest BCUT2D eigenvalue weighted by Gasteiger charge is -2.04. The van der Waals surface area contributed by atoms with E-state index in [4.69, 9.17) is 5.14 Å². The molecule has 0 aliphatic carbocycles. The molecule has 1 rings (SSSR count). The zero-order valence-electron chi connectivity index (χ0n) is 6.71. The first-order valence-electron chi connectivity index (χ1n) is 3.31. The summed E-state index contributed by atoms with van der Waals surface area (Å²) in [6.45, 7) is 1.48. The van der Waals surface area contributed by atoms with Crippen LogP contribution in [-0.4, -0.2) is 8.42 Å². The van der Waals surface area contributed by atoms with Gasteiger partial charge in [-0.3, -0.25) is 0 Å². The molecule has 0 saturated heterocycles. The highest BCUT2D eigenvalue weighted by molar-refractivity contribution is 9.10. The van der Waals surface area contributed by atoms with E-state index >= 15 is 0 Å². The van der Waals surface area contributed by atoms with Crippen LogP contribution in [0.3, 0.4) is 0 Å². The van der Waals surface area contributed by atoms with Gasteiger partial charge in [0.2, 0.25) is 10.0 Å². The molecule has 0 fully saturated rings. The highest BCUT2D eigenvalue weighted by Gasteiger charge is 2.14. The predicted octanol–water partition coefficient (Wildman–Crippen LogP) is 1.54. The third kappa shape index (κ3) is 2.26. The van der Waals surface area contributed by atoms with Crippen LogP contribution in [0.4, 0.5) is 4.39 Å². The van der Waals surface area contributed by atoms with Crippen molar-refractivity contribution in [1.82, 2.24) is 0 Å². The average molecular weight is 268 g/mol. The van der Waals surface area contributed by atoms with E-state index in [9.17, 15) is 12.8 Å². The van der Waals surface area contributed by atoms with Crippen LogP contribution in [-0.2, 0) is 10.0 Å². The normalized spacial score (nSPS) is 11.7. The minimum Gasteiger partial charge on any atom is -0.225 e. The molecule has 1 aromatic rings. The molecular weight excluding hydrogens is 261 g/mol. The number of benzene rings is 1. The van der Waals surface area contributed by atoms with Gasteiger partial charge in [-0.05, 0) is 40.5 Å². The number of hydrogen-bond donors (Lipinski definition) is 1. The third-order valence-electron chi connectivity index (χ3n) is 1.52. The van der Waals surface area contributed by atoms with Gasteiger partial charge in [0, 0.05) is 0 Å². The molecule has 0 aromatic heterocycles. The van der Waals surface area contributed by atoms with Crippen LogP contribution in [0.25, 0.3) is 0 Å². The Morgan fingerprint density at radius 3 is 2.46 bits per heavy atom. The van der Waals surface area contributed by atoms with Gasteiger partial charge in [-0.15, -0.1) is 0 Å².